The molecule has 0 radical (unpaired) electrons. The first kappa shape index (κ1) is 22.4. The van der Waals surface area contributed by atoms with Crippen LogP contribution in [0, 0.1) is 5.92 Å². The van der Waals surface area contributed by atoms with E-state index in [0.717, 1.165) is 32.0 Å². The largest absolute Gasteiger partial charge is 0.486 e. The Balaban J connectivity index is 0.00000145. The highest BCUT2D eigenvalue weighted by Gasteiger charge is 2.32. The molecular formula is C26H30O3. The predicted octanol–water partition coefficient (Wildman–Crippen LogP) is 5.26. The van der Waals surface area contributed by atoms with Crippen LogP contribution in [0.4, 0.5) is 0 Å². The van der Waals surface area contributed by atoms with Crippen molar-refractivity contribution >= 4 is 6.29 Å². The zero-order valence-corrected chi connectivity index (χ0v) is 17.3. The van der Waals surface area contributed by atoms with Crippen LogP contribution in [0.3, 0.4) is 0 Å². The molecule has 0 amide bonds. The Morgan fingerprint density at radius 1 is 1.17 bits per heavy atom. The van der Waals surface area contributed by atoms with E-state index < -0.39 is 0 Å². The van der Waals surface area contributed by atoms with Gasteiger partial charge in [-0.1, -0.05) is 67.3 Å². The molecule has 0 aliphatic heterocycles. The van der Waals surface area contributed by atoms with Crippen molar-refractivity contribution in [1.29, 1.82) is 0 Å². The van der Waals surface area contributed by atoms with Gasteiger partial charge in [0.1, 0.15) is 12.4 Å². The molecule has 0 saturated carbocycles. The van der Waals surface area contributed by atoms with Crippen molar-refractivity contribution in [3.63, 3.8) is 0 Å². The molecule has 2 aromatic rings. The van der Waals surface area contributed by atoms with Crippen LogP contribution in [-0.4, -0.2) is 25.1 Å². The zero-order chi connectivity index (χ0) is 21.1. The zero-order valence-electron chi connectivity index (χ0n) is 17.3. The summed E-state index contributed by atoms with van der Waals surface area (Å²) in [6.07, 6.45) is 11.2. The van der Waals surface area contributed by atoms with Crippen LogP contribution in [0.25, 0.3) is 0 Å². The molecule has 3 heteroatoms. The van der Waals surface area contributed by atoms with Gasteiger partial charge in [0.25, 0.3) is 0 Å². The van der Waals surface area contributed by atoms with Crippen molar-refractivity contribution in [2.75, 3.05) is 13.7 Å². The van der Waals surface area contributed by atoms with E-state index in [0.29, 0.717) is 11.8 Å². The van der Waals surface area contributed by atoms with Crippen LogP contribution < -0.4 is 4.74 Å². The fourth-order valence-electron chi connectivity index (χ4n) is 4.05. The third kappa shape index (κ3) is 5.55. The first-order valence-electron chi connectivity index (χ1n) is 9.92. The van der Waals surface area contributed by atoms with E-state index >= 15 is 0 Å². The van der Waals surface area contributed by atoms with Crippen LogP contribution >= 0.6 is 0 Å². The Hall–Kier alpha value is -2.91. The van der Waals surface area contributed by atoms with Gasteiger partial charge >= 0.3 is 0 Å². The predicted molar refractivity (Wildman–Crippen MR) is 119 cm³/mol. The van der Waals surface area contributed by atoms with Crippen LogP contribution in [0.2, 0.25) is 0 Å². The number of aryl methyl sites for hydroxylation is 1. The van der Waals surface area contributed by atoms with Gasteiger partial charge in [-0.25, -0.2) is 0 Å². The third-order valence-corrected chi connectivity index (χ3v) is 5.26. The maximum atomic E-state index is 10.5. The summed E-state index contributed by atoms with van der Waals surface area (Å²) in [6.45, 7) is 6.00. The molecule has 2 unspecified atom stereocenters. The highest BCUT2D eigenvalue weighted by molar-refractivity contribution is 5.51. The van der Waals surface area contributed by atoms with E-state index in [2.05, 4.69) is 62.1 Å². The lowest BCUT2D eigenvalue weighted by Gasteiger charge is -2.35. The minimum atomic E-state index is 0.0866. The molecule has 0 saturated heterocycles. The SMILES string of the molecule is C=C/C=C\C(=C/C)C1CCc2ccccc2C1c1ccc(OCC=O)cc1.CO. The first-order valence-corrected chi connectivity index (χ1v) is 9.92. The highest BCUT2D eigenvalue weighted by Crippen LogP contribution is 2.44. The van der Waals surface area contributed by atoms with Gasteiger partial charge in [-0.2, -0.15) is 0 Å². The van der Waals surface area contributed by atoms with Gasteiger partial charge in [0, 0.05) is 13.0 Å². The molecule has 0 fully saturated rings. The molecule has 1 N–H and O–H groups in total. The maximum absolute atomic E-state index is 10.5. The standard InChI is InChI=1S/C25H26O2.CH4O/c1-3-5-8-19(4-2)24-16-13-20-9-6-7-10-23(20)25(24)21-11-14-22(15-12-21)27-18-17-26;1-2/h3-12,14-15,17,24-25H,1,13,16,18H2,2H3;2H,1H3/b8-5-,19-4+;. The minimum Gasteiger partial charge on any atom is -0.486 e. The molecule has 1 aliphatic carbocycles. The number of aliphatic hydroxyl groups excluding tert-OH is 1. The summed E-state index contributed by atoms with van der Waals surface area (Å²) in [5, 5.41) is 7.00. The van der Waals surface area contributed by atoms with E-state index in [1.165, 1.54) is 22.3 Å². The van der Waals surface area contributed by atoms with Crippen LogP contribution in [-0.2, 0) is 11.2 Å². The van der Waals surface area contributed by atoms with Gasteiger partial charge in [0.2, 0.25) is 0 Å². The number of carbonyl (C=O) groups is 1. The fraction of sp³-hybridized carbons (Fsp3) is 0.269. The van der Waals surface area contributed by atoms with Gasteiger partial charge in [-0.3, -0.25) is 4.79 Å². The lowest BCUT2D eigenvalue weighted by atomic mass is 9.69. The Morgan fingerprint density at radius 2 is 1.90 bits per heavy atom. The number of hydrogen-bond acceptors (Lipinski definition) is 3. The molecule has 0 heterocycles. The van der Waals surface area contributed by atoms with Crippen molar-refractivity contribution in [1.82, 2.24) is 0 Å². The monoisotopic (exact) mass is 390 g/mol. The molecule has 3 nitrogen and oxygen atoms in total. The number of ether oxygens (including phenoxy) is 1. The molecule has 3 rings (SSSR count). The molecule has 2 aromatic carbocycles. The van der Waals surface area contributed by atoms with Crippen molar-refractivity contribution in [3.05, 3.63) is 102 Å². The van der Waals surface area contributed by atoms with Crippen molar-refractivity contribution < 1.29 is 14.6 Å². The first-order chi connectivity index (χ1) is 14.3. The van der Waals surface area contributed by atoms with Gasteiger partial charge < -0.3 is 9.84 Å². The Morgan fingerprint density at radius 3 is 2.55 bits per heavy atom. The lowest BCUT2D eigenvalue weighted by molar-refractivity contribution is -0.109. The van der Waals surface area contributed by atoms with Gasteiger partial charge in [0.05, 0.1) is 0 Å². The summed E-state index contributed by atoms with van der Waals surface area (Å²) >= 11 is 0. The maximum Gasteiger partial charge on any atom is 0.157 e. The van der Waals surface area contributed by atoms with Crippen molar-refractivity contribution in [3.8, 4) is 5.75 Å². The fourth-order valence-corrected chi connectivity index (χ4v) is 4.05. The summed E-state index contributed by atoms with van der Waals surface area (Å²) in [4.78, 5) is 10.5. The third-order valence-electron chi connectivity index (χ3n) is 5.26. The van der Waals surface area contributed by atoms with Crippen molar-refractivity contribution in [2.45, 2.75) is 25.7 Å². The van der Waals surface area contributed by atoms with Gasteiger partial charge in [-0.15, -0.1) is 0 Å². The number of aliphatic hydroxyl groups is 1. The Labute approximate surface area is 174 Å². The topological polar surface area (TPSA) is 46.5 Å². The average Bonchev–Trinajstić information content (AvgIpc) is 2.79. The molecule has 0 spiro atoms. The van der Waals surface area contributed by atoms with Crippen LogP contribution in [0.5, 0.6) is 5.75 Å². The number of hydrogen-bond donors (Lipinski definition) is 1. The van der Waals surface area contributed by atoms with E-state index in [4.69, 9.17) is 9.84 Å². The average molecular weight is 391 g/mol. The van der Waals surface area contributed by atoms with Crippen molar-refractivity contribution in [2.24, 2.45) is 5.92 Å². The van der Waals surface area contributed by atoms with Gasteiger partial charge in [-0.05, 0) is 60.1 Å². The Kier molecular flexibility index (Phi) is 9.13. The normalized spacial score (nSPS) is 18.4. The van der Waals surface area contributed by atoms with E-state index in [9.17, 15) is 4.79 Å². The smallest absolute Gasteiger partial charge is 0.157 e. The molecule has 0 aromatic heterocycles. The molecule has 1 aliphatic rings. The summed E-state index contributed by atoms with van der Waals surface area (Å²) in [6, 6.07) is 16.9. The molecule has 2 atom stereocenters. The van der Waals surface area contributed by atoms with E-state index in [1.807, 2.05) is 24.3 Å². The quantitative estimate of drug-likeness (QED) is 0.518. The molecule has 29 heavy (non-hydrogen) atoms. The highest BCUT2D eigenvalue weighted by atomic mass is 16.5. The lowest BCUT2D eigenvalue weighted by Crippen LogP contribution is -2.23. The number of fused-ring (bicyclic) bond motifs is 1. The van der Waals surface area contributed by atoms with Crippen LogP contribution in [0.15, 0.2) is 85.0 Å². The number of aldehydes is 1. The van der Waals surface area contributed by atoms with E-state index in [1.54, 1.807) is 0 Å². The number of carbonyl (C=O) groups excluding carboxylic acids is 1. The molecular weight excluding hydrogens is 360 g/mol. The second-order valence-corrected chi connectivity index (χ2v) is 6.75. The molecule has 0 bridgehead atoms. The Bertz CT molecular complexity index is 847. The summed E-state index contributed by atoms with van der Waals surface area (Å²) in [7, 11) is 1.00. The number of allylic oxidation sites excluding steroid dienone is 5. The van der Waals surface area contributed by atoms with Crippen LogP contribution in [0.1, 0.15) is 36.0 Å². The second-order valence-electron chi connectivity index (χ2n) is 6.75. The second kappa shape index (κ2) is 11.8. The summed E-state index contributed by atoms with van der Waals surface area (Å²) in [5.41, 5.74) is 5.46. The number of rotatable bonds is 7. The summed E-state index contributed by atoms with van der Waals surface area (Å²) in [5.74, 6) is 1.45. The van der Waals surface area contributed by atoms with Gasteiger partial charge in [0.15, 0.2) is 6.29 Å². The summed E-state index contributed by atoms with van der Waals surface area (Å²) < 4.78 is 5.41. The molecule has 152 valence electrons. The number of benzene rings is 2. The minimum absolute atomic E-state index is 0.0866. The van der Waals surface area contributed by atoms with E-state index in [-0.39, 0.29) is 6.61 Å².